The van der Waals surface area contributed by atoms with Crippen molar-refractivity contribution in [2.45, 2.75) is 65.0 Å². The maximum atomic E-state index is 11.4. The van der Waals surface area contributed by atoms with E-state index in [1.54, 1.807) is 0 Å². The van der Waals surface area contributed by atoms with Crippen LogP contribution < -0.4 is 11.1 Å². The number of amides is 1. The van der Waals surface area contributed by atoms with E-state index in [9.17, 15) is 4.79 Å². The Morgan fingerprint density at radius 3 is 2.53 bits per heavy atom. The van der Waals surface area contributed by atoms with Crippen LogP contribution in [0, 0.1) is 0 Å². The smallest absolute Gasteiger partial charge is 0.237 e. The Balaban J connectivity index is 4.04. The first-order valence-electron chi connectivity index (χ1n) is 6.62. The Kier molecular flexibility index (Phi) is 8.17. The van der Waals surface area contributed by atoms with Crippen LogP contribution in [0.1, 0.15) is 53.4 Å². The highest BCUT2D eigenvalue weighted by molar-refractivity contribution is 5.84. The minimum atomic E-state index is -0.651. The lowest BCUT2D eigenvalue weighted by molar-refractivity contribution is -0.124. The van der Waals surface area contributed by atoms with E-state index in [1.807, 2.05) is 6.92 Å². The number of nitrogens with two attached hydrogens (primary N) is 1. The van der Waals surface area contributed by atoms with Gasteiger partial charge in [0.1, 0.15) is 0 Å². The van der Waals surface area contributed by atoms with Gasteiger partial charge >= 0.3 is 0 Å². The van der Waals surface area contributed by atoms with Gasteiger partial charge in [-0.1, -0.05) is 20.3 Å². The molecule has 2 atom stereocenters. The quantitative estimate of drug-likeness (QED) is 0.616. The van der Waals surface area contributed by atoms with Gasteiger partial charge in [0.15, 0.2) is 0 Å². The maximum Gasteiger partial charge on any atom is 0.237 e. The predicted molar refractivity (Wildman–Crippen MR) is 70.8 cm³/mol. The van der Waals surface area contributed by atoms with Crippen LogP contribution in [0.5, 0.6) is 0 Å². The number of ether oxygens (including phenoxy) is 1. The molecule has 0 saturated heterocycles. The molecule has 1 amide bonds. The molecule has 0 aliphatic carbocycles. The second-order valence-corrected chi connectivity index (χ2v) is 4.84. The number of hydrogen-bond donors (Lipinski definition) is 2. The molecule has 0 rings (SSSR count). The van der Waals surface area contributed by atoms with Gasteiger partial charge in [-0.15, -0.1) is 0 Å². The molecule has 0 fully saturated rings. The van der Waals surface area contributed by atoms with Crippen LogP contribution in [0.3, 0.4) is 0 Å². The molecule has 0 heterocycles. The van der Waals surface area contributed by atoms with E-state index in [4.69, 9.17) is 10.5 Å². The molecule has 102 valence electrons. The molecule has 0 aromatic rings. The highest BCUT2D eigenvalue weighted by Crippen LogP contribution is 2.11. The Bertz CT molecular complexity index is 221. The maximum absolute atomic E-state index is 11.4. The van der Waals surface area contributed by atoms with Crippen LogP contribution in [0.4, 0.5) is 0 Å². The highest BCUT2D eigenvalue weighted by atomic mass is 16.5. The zero-order valence-electron chi connectivity index (χ0n) is 11.7. The van der Waals surface area contributed by atoms with Crippen molar-refractivity contribution >= 4 is 5.91 Å². The zero-order chi connectivity index (χ0) is 13.3. The van der Waals surface area contributed by atoms with Gasteiger partial charge in [0.25, 0.3) is 0 Å². The average molecular weight is 244 g/mol. The minimum Gasteiger partial charge on any atom is -0.378 e. The first-order chi connectivity index (χ1) is 7.96. The molecule has 0 radical (unpaired) electrons. The first kappa shape index (κ1) is 16.4. The predicted octanol–water partition coefficient (Wildman–Crippen LogP) is 1.83. The van der Waals surface area contributed by atoms with E-state index < -0.39 is 5.54 Å². The lowest BCUT2D eigenvalue weighted by Gasteiger charge is -2.28. The molecule has 0 aromatic heterocycles. The Morgan fingerprint density at radius 1 is 1.41 bits per heavy atom. The molecule has 0 aromatic carbocycles. The monoisotopic (exact) mass is 244 g/mol. The molecule has 2 unspecified atom stereocenters. The molecule has 4 heteroatoms. The average Bonchev–Trinajstić information content (AvgIpc) is 2.26. The summed E-state index contributed by atoms with van der Waals surface area (Å²) in [6.07, 6.45) is 4.02. The molecular formula is C13H28N2O2. The summed E-state index contributed by atoms with van der Waals surface area (Å²) in [6.45, 7) is 9.47. The number of hydrogen-bond acceptors (Lipinski definition) is 3. The van der Waals surface area contributed by atoms with Gasteiger partial charge < -0.3 is 15.8 Å². The van der Waals surface area contributed by atoms with E-state index in [0.717, 1.165) is 25.8 Å². The number of rotatable bonds is 10. The van der Waals surface area contributed by atoms with Crippen molar-refractivity contribution in [3.8, 4) is 0 Å². The van der Waals surface area contributed by atoms with Crippen molar-refractivity contribution in [2.24, 2.45) is 5.73 Å². The molecule has 0 aliphatic heterocycles. The van der Waals surface area contributed by atoms with Gasteiger partial charge in [0.2, 0.25) is 5.91 Å². The summed E-state index contributed by atoms with van der Waals surface area (Å²) in [6, 6.07) is 0. The number of nitrogens with one attached hydrogen (secondary N) is 1. The Hall–Kier alpha value is -0.610. The summed E-state index contributed by atoms with van der Waals surface area (Å²) < 4.78 is 5.66. The van der Waals surface area contributed by atoms with Gasteiger partial charge in [-0.05, 0) is 39.7 Å². The van der Waals surface area contributed by atoms with E-state index >= 15 is 0 Å². The fraction of sp³-hybridized carbons (Fsp3) is 0.923. The van der Waals surface area contributed by atoms with Crippen molar-refractivity contribution in [3.63, 3.8) is 0 Å². The molecule has 3 N–H and O–H groups in total. The summed E-state index contributed by atoms with van der Waals surface area (Å²) in [4.78, 5) is 11.4. The third kappa shape index (κ3) is 6.64. The molecule has 0 spiro atoms. The summed E-state index contributed by atoms with van der Waals surface area (Å²) in [5, 5.41) is 3.20. The second kappa shape index (κ2) is 8.48. The van der Waals surface area contributed by atoms with Crippen molar-refractivity contribution < 1.29 is 9.53 Å². The summed E-state index contributed by atoms with van der Waals surface area (Å²) >= 11 is 0. The van der Waals surface area contributed by atoms with Crippen LogP contribution in [-0.4, -0.2) is 30.7 Å². The van der Waals surface area contributed by atoms with Crippen LogP contribution in [0.25, 0.3) is 0 Å². The SMILES string of the molecule is CCCNC(C)(CCOC(C)CCC)C(N)=O. The van der Waals surface area contributed by atoms with Crippen molar-refractivity contribution in [3.05, 3.63) is 0 Å². The molecule has 0 saturated carbocycles. The molecule has 0 aliphatic rings. The van der Waals surface area contributed by atoms with E-state index in [0.29, 0.717) is 13.0 Å². The van der Waals surface area contributed by atoms with Crippen molar-refractivity contribution in [1.29, 1.82) is 0 Å². The Morgan fingerprint density at radius 2 is 2.06 bits per heavy atom. The molecular weight excluding hydrogens is 216 g/mol. The summed E-state index contributed by atoms with van der Waals surface area (Å²) in [5.74, 6) is -0.308. The third-order valence-electron chi connectivity index (χ3n) is 3.01. The molecule has 17 heavy (non-hydrogen) atoms. The molecule has 4 nitrogen and oxygen atoms in total. The number of primary amides is 1. The lowest BCUT2D eigenvalue weighted by Crippen LogP contribution is -2.54. The van der Waals surface area contributed by atoms with Crippen molar-refractivity contribution in [1.82, 2.24) is 5.32 Å². The van der Waals surface area contributed by atoms with Gasteiger partial charge in [-0.2, -0.15) is 0 Å². The molecule has 0 bridgehead atoms. The van der Waals surface area contributed by atoms with Crippen LogP contribution >= 0.6 is 0 Å². The van der Waals surface area contributed by atoms with Gasteiger partial charge in [-0.3, -0.25) is 4.79 Å². The van der Waals surface area contributed by atoms with E-state index in [2.05, 4.69) is 26.1 Å². The topological polar surface area (TPSA) is 64.3 Å². The Labute approximate surface area is 105 Å². The minimum absolute atomic E-state index is 0.253. The number of carbonyl (C=O) groups is 1. The highest BCUT2D eigenvalue weighted by Gasteiger charge is 2.29. The zero-order valence-corrected chi connectivity index (χ0v) is 11.7. The largest absolute Gasteiger partial charge is 0.378 e. The van der Waals surface area contributed by atoms with Crippen molar-refractivity contribution in [2.75, 3.05) is 13.2 Å². The van der Waals surface area contributed by atoms with Crippen LogP contribution in [0.2, 0.25) is 0 Å². The number of carbonyl (C=O) groups excluding carboxylic acids is 1. The second-order valence-electron chi connectivity index (χ2n) is 4.84. The fourth-order valence-electron chi connectivity index (χ4n) is 1.65. The lowest BCUT2D eigenvalue weighted by atomic mass is 9.97. The van der Waals surface area contributed by atoms with E-state index in [-0.39, 0.29) is 12.0 Å². The van der Waals surface area contributed by atoms with Crippen LogP contribution in [0.15, 0.2) is 0 Å². The normalized spacial score (nSPS) is 16.5. The third-order valence-corrected chi connectivity index (χ3v) is 3.01. The van der Waals surface area contributed by atoms with Gasteiger partial charge in [0.05, 0.1) is 11.6 Å². The van der Waals surface area contributed by atoms with Crippen LogP contribution in [-0.2, 0) is 9.53 Å². The summed E-state index contributed by atoms with van der Waals surface area (Å²) in [7, 11) is 0. The van der Waals surface area contributed by atoms with Gasteiger partial charge in [0, 0.05) is 6.61 Å². The summed E-state index contributed by atoms with van der Waals surface area (Å²) in [5.41, 5.74) is 4.78. The fourth-order valence-corrected chi connectivity index (χ4v) is 1.65. The van der Waals surface area contributed by atoms with Gasteiger partial charge in [-0.25, -0.2) is 0 Å². The first-order valence-corrected chi connectivity index (χ1v) is 6.62. The standard InChI is InChI=1S/C13H28N2O2/c1-5-7-11(3)17-10-8-13(4,12(14)16)15-9-6-2/h11,15H,5-10H2,1-4H3,(H2,14,16). The van der Waals surface area contributed by atoms with E-state index in [1.165, 1.54) is 0 Å².